The Hall–Kier alpha value is -1.44. The first-order chi connectivity index (χ1) is 8.81. The molecular formula is C14H18N2OS. The number of hydrogen-bond donors (Lipinski definition) is 1. The first kappa shape index (κ1) is 14.6. The molecule has 0 bridgehead atoms. The summed E-state index contributed by atoms with van der Waals surface area (Å²) in [5.74, 6) is 2.68. The van der Waals surface area contributed by atoms with Crippen LogP contribution in [0.4, 0.5) is 0 Å². The van der Waals surface area contributed by atoms with Crippen molar-refractivity contribution in [1.82, 2.24) is 5.32 Å². The van der Waals surface area contributed by atoms with Crippen molar-refractivity contribution in [3.63, 3.8) is 0 Å². The molecule has 0 saturated heterocycles. The highest BCUT2D eigenvalue weighted by Crippen LogP contribution is 2.18. The Labute approximate surface area is 113 Å². The summed E-state index contributed by atoms with van der Waals surface area (Å²) in [5, 5.41) is 12.3. The van der Waals surface area contributed by atoms with E-state index in [1.54, 1.807) is 7.11 Å². The van der Waals surface area contributed by atoms with Crippen LogP contribution in [-0.4, -0.2) is 25.2 Å². The van der Waals surface area contributed by atoms with Gasteiger partial charge in [0.1, 0.15) is 11.8 Å². The molecule has 4 heteroatoms. The van der Waals surface area contributed by atoms with Crippen LogP contribution in [0.3, 0.4) is 0 Å². The van der Waals surface area contributed by atoms with Crippen molar-refractivity contribution >= 4 is 11.8 Å². The van der Waals surface area contributed by atoms with Crippen LogP contribution >= 0.6 is 11.8 Å². The topological polar surface area (TPSA) is 45.0 Å². The number of rotatable bonds is 8. The fourth-order valence-electron chi connectivity index (χ4n) is 1.50. The smallest absolute Gasteiger partial charge is 0.136 e. The summed E-state index contributed by atoms with van der Waals surface area (Å²) in [5.41, 5.74) is 1.68. The number of thioether (sulfide) groups is 1. The van der Waals surface area contributed by atoms with Gasteiger partial charge in [0.15, 0.2) is 0 Å². The number of nitrogens with zero attached hydrogens (tertiary/aromatic N) is 1. The first-order valence-corrected chi connectivity index (χ1v) is 6.93. The van der Waals surface area contributed by atoms with Crippen molar-refractivity contribution in [2.24, 2.45) is 0 Å². The zero-order chi connectivity index (χ0) is 13.2. The Bertz CT molecular complexity index is 426. The summed E-state index contributed by atoms with van der Waals surface area (Å²) in [6, 6.07) is 7.81. The van der Waals surface area contributed by atoms with Gasteiger partial charge in [0.25, 0.3) is 0 Å². The van der Waals surface area contributed by atoms with Gasteiger partial charge in [-0.05, 0) is 17.7 Å². The van der Waals surface area contributed by atoms with E-state index in [0.29, 0.717) is 11.3 Å². The minimum absolute atomic E-state index is 0.581. The van der Waals surface area contributed by atoms with E-state index in [0.717, 1.165) is 30.2 Å². The highest BCUT2D eigenvalue weighted by molar-refractivity contribution is 7.99. The Balaban J connectivity index is 2.39. The molecule has 0 aromatic heterocycles. The Morgan fingerprint density at radius 2 is 2.39 bits per heavy atom. The molecule has 0 atom stereocenters. The SMILES string of the molecule is C=CCSCCNCc1ccc(OC)c(C#N)c1. The Morgan fingerprint density at radius 1 is 1.56 bits per heavy atom. The molecule has 0 aliphatic heterocycles. The monoisotopic (exact) mass is 262 g/mol. The third-order valence-corrected chi connectivity index (χ3v) is 3.34. The molecule has 0 saturated carbocycles. The molecule has 0 aliphatic rings. The minimum Gasteiger partial charge on any atom is -0.495 e. The van der Waals surface area contributed by atoms with Crippen LogP contribution in [0.15, 0.2) is 30.9 Å². The van der Waals surface area contributed by atoms with E-state index in [9.17, 15) is 0 Å². The van der Waals surface area contributed by atoms with Gasteiger partial charge >= 0.3 is 0 Å². The zero-order valence-corrected chi connectivity index (χ0v) is 11.4. The maximum absolute atomic E-state index is 8.98. The van der Waals surface area contributed by atoms with Gasteiger partial charge in [-0.3, -0.25) is 0 Å². The second kappa shape index (κ2) is 8.62. The minimum atomic E-state index is 0.581. The van der Waals surface area contributed by atoms with E-state index in [-0.39, 0.29) is 0 Å². The predicted molar refractivity (Wildman–Crippen MR) is 76.9 cm³/mol. The van der Waals surface area contributed by atoms with Gasteiger partial charge in [-0.25, -0.2) is 0 Å². The van der Waals surface area contributed by atoms with Crippen molar-refractivity contribution in [3.05, 3.63) is 42.0 Å². The molecule has 0 unspecified atom stereocenters. The van der Waals surface area contributed by atoms with Crippen LogP contribution in [0.25, 0.3) is 0 Å². The molecule has 0 heterocycles. The Morgan fingerprint density at radius 3 is 3.06 bits per heavy atom. The average Bonchev–Trinajstić information content (AvgIpc) is 2.42. The lowest BCUT2D eigenvalue weighted by Crippen LogP contribution is -2.16. The quantitative estimate of drug-likeness (QED) is 0.578. The van der Waals surface area contributed by atoms with E-state index >= 15 is 0 Å². The van der Waals surface area contributed by atoms with Gasteiger partial charge < -0.3 is 10.1 Å². The van der Waals surface area contributed by atoms with Crippen molar-refractivity contribution in [2.75, 3.05) is 25.2 Å². The first-order valence-electron chi connectivity index (χ1n) is 5.78. The normalized spacial score (nSPS) is 9.78. The molecule has 0 aliphatic carbocycles. The maximum atomic E-state index is 8.98. The second-order valence-corrected chi connectivity index (χ2v) is 4.84. The van der Waals surface area contributed by atoms with Gasteiger partial charge in [-0.15, -0.1) is 6.58 Å². The van der Waals surface area contributed by atoms with Crippen LogP contribution in [-0.2, 0) is 6.54 Å². The van der Waals surface area contributed by atoms with Crippen LogP contribution in [0.1, 0.15) is 11.1 Å². The fraction of sp³-hybridized carbons (Fsp3) is 0.357. The van der Waals surface area contributed by atoms with Gasteiger partial charge in [-0.2, -0.15) is 17.0 Å². The predicted octanol–water partition coefficient (Wildman–Crippen LogP) is 2.58. The number of methoxy groups -OCH3 is 1. The van der Waals surface area contributed by atoms with E-state index in [4.69, 9.17) is 10.00 Å². The molecule has 96 valence electrons. The van der Waals surface area contributed by atoms with Gasteiger partial charge in [0, 0.05) is 24.6 Å². The summed E-state index contributed by atoms with van der Waals surface area (Å²) < 4.78 is 5.11. The van der Waals surface area contributed by atoms with Gasteiger partial charge in [-0.1, -0.05) is 12.1 Å². The third-order valence-electron chi connectivity index (χ3n) is 2.37. The lowest BCUT2D eigenvalue weighted by atomic mass is 10.1. The summed E-state index contributed by atoms with van der Waals surface area (Å²) in [4.78, 5) is 0. The molecule has 1 rings (SSSR count). The molecular weight excluding hydrogens is 244 g/mol. The molecule has 1 N–H and O–H groups in total. The molecule has 0 fully saturated rings. The molecule has 0 spiro atoms. The van der Waals surface area contributed by atoms with E-state index < -0.39 is 0 Å². The molecule has 0 amide bonds. The largest absolute Gasteiger partial charge is 0.495 e. The van der Waals surface area contributed by atoms with Crippen LogP contribution in [0.5, 0.6) is 5.75 Å². The molecule has 3 nitrogen and oxygen atoms in total. The third kappa shape index (κ3) is 4.82. The number of benzene rings is 1. The second-order valence-electron chi connectivity index (χ2n) is 3.69. The van der Waals surface area contributed by atoms with Crippen molar-refractivity contribution in [2.45, 2.75) is 6.54 Å². The zero-order valence-electron chi connectivity index (χ0n) is 10.6. The fourth-order valence-corrected chi connectivity index (χ4v) is 2.12. The van der Waals surface area contributed by atoms with Gasteiger partial charge in [0.2, 0.25) is 0 Å². The summed E-state index contributed by atoms with van der Waals surface area (Å²) >= 11 is 1.85. The van der Waals surface area contributed by atoms with Gasteiger partial charge in [0.05, 0.1) is 12.7 Å². The standard InChI is InChI=1S/C14H18N2OS/c1-3-7-18-8-6-16-11-12-4-5-14(17-2)13(9-12)10-15/h3-5,9,16H,1,6-8,11H2,2H3. The summed E-state index contributed by atoms with van der Waals surface area (Å²) in [6.45, 7) is 5.40. The number of ether oxygens (including phenoxy) is 1. The number of nitriles is 1. The van der Waals surface area contributed by atoms with Crippen molar-refractivity contribution in [3.8, 4) is 11.8 Å². The van der Waals surface area contributed by atoms with E-state index in [1.807, 2.05) is 36.0 Å². The summed E-state index contributed by atoms with van der Waals surface area (Å²) in [6.07, 6.45) is 1.91. The van der Waals surface area contributed by atoms with Crippen LogP contribution < -0.4 is 10.1 Å². The lowest BCUT2D eigenvalue weighted by Gasteiger charge is -2.07. The number of hydrogen-bond acceptors (Lipinski definition) is 4. The van der Waals surface area contributed by atoms with Crippen molar-refractivity contribution < 1.29 is 4.74 Å². The Kier molecular flexibility index (Phi) is 7.00. The molecule has 18 heavy (non-hydrogen) atoms. The summed E-state index contributed by atoms with van der Waals surface area (Å²) in [7, 11) is 1.57. The number of nitrogens with one attached hydrogen (secondary N) is 1. The molecule has 1 aromatic carbocycles. The maximum Gasteiger partial charge on any atom is 0.136 e. The molecule has 1 aromatic rings. The van der Waals surface area contributed by atoms with Crippen LogP contribution in [0, 0.1) is 11.3 Å². The highest BCUT2D eigenvalue weighted by atomic mass is 32.2. The van der Waals surface area contributed by atoms with E-state index in [2.05, 4.69) is 18.0 Å². The lowest BCUT2D eigenvalue weighted by molar-refractivity contribution is 0.413. The highest BCUT2D eigenvalue weighted by Gasteiger charge is 2.03. The van der Waals surface area contributed by atoms with E-state index in [1.165, 1.54) is 0 Å². The molecule has 0 radical (unpaired) electrons. The average molecular weight is 262 g/mol. The van der Waals surface area contributed by atoms with Crippen LogP contribution in [0.2, 0.25) is 0 Å². The van der Waals surface area contributed by atoms with Crippen molar-refractivity contribution in [1.29, 1.82) is 5.26 Å².